The maximum Gasteiger partial charge on any atom is 0.408 e. The Labute approximate surface area is 250 Å². The summed E-state index contributed by atoms with van der Waals surface area (Å²) in [6.07, 6.45) is 2.43. The van der Waals surface area contributed by atoms with Gasteiger partial charge in [-0.3, -0.25) is 9.59 Å². The SMILES string of the molecule is CC(CNC(=O)CN(Cc1ccccc1Cl)C(=O)[C@H](Cc1cnc[nH]1)NC(=O)OCc1ccccc1)c1ccccc1. The molecular formula is C32H34ClN5O4. The fraction of sp³-hybridized carbons (Fsp3) is 0.250. The number of nitrogens with zero attached hydrogens (tertiary/aromatic N) is 2. The number of carbonyl (C=O) groups excluding carboxylic acids is 3. The number of amides is 3. The summed E-state index contributed by atoms with van der Waals surface area (Å²) in [4.78, 5) is 48.3. The molecule has 2 atom stereocenters. The van der Waals surface area contributed by atoms with Crippen LogP contribution in [0.3, 0.4) is 0 Å². The number of hydrogen-bond acceptors (Lipinski definition) is 5. The fourth-order valence-electron chi connectivity index (χ4n) is 4.38. The first kappa shape index (κ1) is 30.3. The Bertz CT molecular complexity index is 1430. The van der Waals surface area contributed by atoms with Crippen LogP contribution in [0.4, 0.5) is 4.79 Å². The lowest BCUT2D eigenvalue weighted by Crippen LogP contribution is -2.52. The van der Waals surface area contributed by atoms with Gasteiger partial charge >= 0.3 is 6.09 Å². The monoisotopic (exact) mass is 587 g/mol. The predicted molar refractivity (Wildman–Crippen MR) is 161 cm³/mol. The van der Waals surface area contributed by atoms with Gasteiger partial charge in [0.2, 0.25) is 11.8 Å². The number of nitrogens with one attached hydrogen (secondary N) is 3. The number of imidazole rings is 1. The van der Waals surface area contributed by atoms with E-state index in [4.69, 9.17) is 16.3 Å². The van der Waals surface area contributed by atoms with Crippen molar-refractivity contribution >= 4 is 29.5 Å². The summed E-state index contributed by atoms with van der Waals surface area (Å²) in [6, 6.07) is 25.2. The van der Waals surface area contributed by atoms with Gasteiger partial charge in [-0.25, -0.2) is 9.78 Å². The standard InChI is InChI=1S/C32H34ClN5O4/c1-23(25-12-6-3-7-13-25)17-35-30(39)20-38(19-26-14-8-9-15-28(26)33)31(40)29(16-27-18-34-22-36-27)37-32(41)42-21-24-10-4-2-5-11-24/h2-15,18,22-23,29H,16-17,19-21H2,1H3,(H,34,36)(H,35,39)(H,37,41)/t23?,29-/m0/s1. The molecule has 0 saturated carbocycles. The molecule has 218 valence electrons. The van der Waals surface area contributed by atoms with Crippen LogP contribution in [0.2, 0.25) is 5.02 Å². The Kier molecular flexibility index (Phi) is 11.1. The number of ether oxygens (including phenoxy) is 1. The molecule has 4 rings (SSSR count). The molecule has 0 bridgehead atoms. The molecule has 1 unspecified atom stereocenters. The molecule has 3 aromatic carbocycles. The Morgan fingerprint density at radius 1 is 0.976 bits per heavy atom. The van der Waals surface area contributed by atoms with Crippen LogP contribution in [0.1, 0.15) is 35.2 Å². The minimum atomic E-state index is -1.03. The third kappa shape index (κ3) is 9.21. The molecule has 10 heteroatoms. The maximum atomic E-state index is 14.0. The molecule has 0 aliphatic carbocycles. The van der Waals surface area contributed by atoms with Crippen molar-refractivity contribution in [1.82, 2.24) is 25.5 Å². The van der Waals surface area contributed by atoms with Gasteiger partial charge in [-0.05, 0) is 28.7 Å². The van der Waals surface area contributed by atoms with Crippen molar-refractivity contribution in [3.05, 3.63) is 125 Å². The zero-order valence-electron chi connectivity index (χ0n) is 23.3. The quantitative estimate of drug-likeness (QED) is 0.207. The summed E-state index contributed by atoms with van der Waals surface area (Å²) < 4.78 is 5.39. The van der Waals surface area contributed by atoms with E-state index in [1.165, 1.54) is 11.2 Å². The highest BCUT2D eigenvalue weighted by Gasteiger charge is 2.29. The molecule has 4 aromatic rings. The van der Waals surface area contributed by atoms with Crippen molar-refractivity contribution in [2.24, 2.45) is 0 Å². The summed E-state index contributed by atoms with van der Waals surface area (Å²) in [5.41, 5.74) is 3.21. The minimum Gasteiger partial charge on any atom is -0.445 e. The van der Waals surface area contributed by atoms with Crippen molar-refractivity contribution in [3.63, 3.8) is 0 Å². The third-order valence-corrected chi connectivity index (χ3v) is 7.09. The van der Waals surface area contributed by atoms with Crippen LogP contribution in [0.25, 0.3) is 0 Å². The fourth-order valence-corrected chi connectivity index (χ4v) is 4.58. The highest BCUT2D eigenvalue weighted by molar-refractivity contribution is 6.31. The van der Waals surface area contributed by atoms with Crippen molar-refractivity contribution in [2.45, 2.75) is 38.5 Å². The molecule has 1 aromatic heterocycles. The first-order valence-corrected chi connectivity index (χ1v) is 14.0. The summed E-state index contributed by atoms with van der Waals surface area (Å²) in [5, 5.41) is 6.09. The van der Waals surface area contributed by atoms with Crippen LogP contribution in [0, 0.1) is 0 Å². The Balaban J connectivity index is 1.49. The van der Waals surface area contributed by atoms with E-state index in [0.717, 1.165) is 11.1 Å². The molecular weight excluding hydrogens is 554 g/mol. The smallest absolute Gasteiger partial charge is 0.408 e. The van der Waals surface area contributed by atoms with Crippen LogP contribution in [-0.4, -0.2) is 51.9 Å². The zero-order valence-corrected chi connectivity index (χ0v) is 24.1. The number of benzene rings is 3. The molecule has 0 saturated heterocycles. The van der Waals surface area contributed by atoms with Crippen LogP contribution in [0.5, 0.6) is 0 Å². The lowest BCUT2D eigenvalue weighted by Gasteiger charge is -2.28. The number of hydrogen-bond donors (Lipinski definition) is 3. The second kappa shape index (κ2) is 15.4. The van der Waals surface area contributed by atoms with Gasteiger partial charge in [0.25, 0.3) is 0 Å². The van der Waals surface area contributed by atoms with E-state index in [1.807, 2.05) is 73.7 Å². The minimum absolute atomic E-state index is 0.0446. The predicted octanol–water partition coefficient (Wildman–Crippen LogP) is 4.85. The van der Waals surface area contributed by atoms with Gasteiger partial charge in [0.1, 0.15) is 12.6 Å². The molecule has 42 heavy (non-hydrogen) atoms. The molecule has 0 radical (unpaired) electrons. The number of alkyl carbamates (subject to hydrolysis) is 1. The zero-order chi connectivity index (χ0) is 29.7. The van der Waals surface area contributed by atoms with E-state index in [0.29, 0.717) is 22.8 Å². The van der Waals surface area contributed by atoms with Crippen LogP contribution < -0.4 is 10.6 Å². The number of halogens is 1. The van der Waals surface area contributed by atoms with Crippen molar-refractivity contribution in [1.29, 1.82) is 0 Å². The summed E-state index contributed by atoms with van der Waals surface area (Å²) in [7, 11) is 0. The van der Waals surface area contributed by atoms with Gasteiger partial charge in [0, 0.05) is 36.4 Å². The van der Waals surface area contributed by atoms with Crippen molar-refractivity contribution in [3.8, 4) is 0 Å². The molecule has 0 fully saturated rings. The molecule has 9 nitrogen and oxygen atoms in total. The highest BCUT2D eigenvalue weighted by atomic mass is 35.5. The van der Waals surface area contributed by atoms with Gasteiger partial charge in [-0.15, -0.1) is 0 Å². The van der Waals surface area contributed by atoms with E-state index in [-0.39, 0.29) is 37.9 Å². The molecule has 1 heterocycles. The number of carbonyl (C=O) groups is 3. The van der Waals surface area contributed by atoms with Gasteiger partial charge in [-0.2, -0.15) is 0 Å². The van der Waals surface area contributed by atoms with E-state index in [1.54, 1.807) is 24.4 Å². The molecule has 0 spiro atoms. The summed E-state index contributed by atoms with van der Waals surface area (Å²) in [6.45, 7) is 2.31. The number of rotatable bonds is 13. The van der Waals surface area contributed by atoms with Gasteiger partial charge in [0.15, 0.2) is 0 Å². The molecule has 0 aliphatic heterocycles. The molecule has 3 amide bonds. The topological polar surface area (TPSA) is 116 Å². The molecule has 3 N–H and O–H groups in total. The van der Waals surface area contributed by atoms with Crippen molar-refractivity contribution in [2.75, 3.05) is 13.1 Å². The van der Waals surface area contributed by atoms with E-state index < -0.39 is 18.0 Å². The van der Waals surface area contributed by atoms with Gasteiger partial charge in [0.05, 0.1) is 12.9 Å². The van der Waals surface area contributed by atoms with E-state index in [2.05, 4.69) is 20.6 Å². The summed E-state index contributed by atoms with van der Waals surface area (Å²) in [5.74, 6) is -0.713. The normalized spacial score (nSPS) is 12.1. The maximum absolute atomic E-state index is 14.0. The third-order valence-electron chi connectivity index (χ3n) is 6.72. The van der Waals surface area contributed by atoms with Crippen molar-refractivity contribution < 1.29 is 19.1 Å². The number of aromatic nitrogens is 2. The summed E-state index contributed by atoms with van der Waals surface area (Å²) >= 11 is 6.42. The van der Waals surface area contributed by atoms with Crippen LogP contribution in [0.15, 0.2) is 97.5 Å². The Hall–Kier alpha value is -4.63. The number of aromatic amines is 1. The lowest BCUT2D eigenvalue weighted by molar-refractivity contribution is -0.138. The van der Waals surface area contributed by atoms with Gasteiger partial charge in [-0.1, -0.05) is 97.4 Å². The number of H-pyrrole nitrogens is 1. The van der Waals surface area contributed by atoms with E-state index >= 15 is 0 Å². The van der Waals surface area contributed by atoms with E-state index in [9.17, 15) is 14.4 Å². The average molecular weight is 588 g/mol. The first-order chi connectivity index (χ1) is 20.4. The second-order valence-corrected chi connectivity index (χ2v) is 10.3. The second-order valence-electron chi connectivity index (χ2n) is 9.94. The highest BCUT2D eigenvalue weighted by Crippen LogP contribution is 2.18. The van der Waals surface area contributed by atoms with Crippen LogP contribution >= 0.6 is 11.6 Å². The largest absolute Gasteiger partial charge is 0.445 e. The average Bonchev–Trinajstić information content (AvgIpc) is 3.53. The van der Waals surface area contributed by atoms with Gasteiger partial charge < -0.3 is 25.3 Å². The first-order valence-electron chi connectivity index (χ1n) is 13.7. The Morgan fingerprint density at radius 3 is 2.36 bits per heavy atom. The molecule has 0 aliphatic rings. The van der Waals surface area contributed by atoms with Crippen LogP contribution in [-0.2, 0) is 33.9 Å². The Morgan fingerprint density at radius 2 is 1.67 bits per heavy atom. The lowest BCUT2D eigenvalue weighted by atomic mass is 10.0.